The lowest BCUT2D eigenvalue weighted by atomic mass is 10.0. The van der Waals surface area contributed by atoms with E-state index in [0.717, 1.165) is 33.6 Å². The average Bonchev–Trinajstić information content (AvgIpc) is 2.81. The lowest BCUT2D eigenvalue weighted by molar-refractivity contribution is 0.0950. The van der Waals surface area contributed by atoms with Crippen LogP contribution in [0.2, 0.25) is 0 Å². The maximum absolute atomic E-state index is 12.7. The van der Waals surface area contributed by atoms with Crippen molar-refractivity contribution in [3.05, 3.63) is 123 Å². The third kappa shape index (κ3) is 5.56. The van der Waals surface area contributed by atoms with Crippen molar-refractivity contribution in [3.8, 4) is 0 Å². The van der Waals surface area contributed by atoms with Crippen LogP contribution in [-0.2, 0) is 19.5 Å². The van der Waals surface area contributed by atoms with Crippen LogP contribution in [0.3, 0.4) is 0 Å². The SMILES string of the molecule is Cc1cc(Cc2cc(C(=O)NCc3ccc(N)nc3C)ccn2)ccc1Cn1ccccc1=O. The molecular weight excluding hydrogens is 426 g/mol. The standard InChI is InChI=1S/C27H27N5O2/c1-18-13-20(6-7-23(18)17-32-12-4-3-5-26(32)33)14-24-15-21(10-11-29-24)27(34)30-16-22-8-9-25(28)31-19(22)2/h3-13,15H,14,16-17H2,1-2H3,(H2,28,31)(H,30,34). The van der Waals surface area contributed by atoms with Gasteiger partial charge in [0.1, 0.15) is 5.82 Å². The van der Waals surface area contributed by atoms with Gasteiger partial charge in [-0.1, -0.05) is 30.3 Å². The highest BCUT2D eigenvalue weighted by Crippen LogP contribution is 2.16. The molecule has 0 unspecified atom stereocenters. The number of nitrogens with zero attached hydrogens (tertiary/aromatic N) is 3. The fourth-order valence-electron chi connectivity index (χ4n) is 3.82. The van der Waals surface area contributed by atoms with Crippen molar-refractivity contribution in [2.45, 2.75) is 33.4 Å². The Morgan fingerprint density at radius 1 is 1.03 bits per heavy atom. The predicted octanol–water partition coefficient (Wildman–Crippen LogP) is 3.41. The number of amides is 1. The number of benzene rings is 1. The van der Waals surface area contributed by atoms with Crippen LogP contribution in [0, 0.1) is 13.8 Å². The molecule has 0 bridgehead atoms. The topological polar surface area (TPSA) is 103 Å². The highest BCUT2D eigenvalue weighted by Gasteiger charge is 2.10. The molecule has 1 amide bonds. The fourth-order valence-corrected chi connectivity index (χ4v) is 3.82. The average molecular weight is 454 g/mol. The number of aryl methyl sites for hydroxylation is 2. The first-order chi connectivity index (χ1) is 16.4. The van der Waals surface area contributed by atoms with Crippen LogP contribution in [0.1, 0.15) is 44.0 Å². The predicted molar refractivity (Wildman–Crippen MR) is 133 cm³/mol. The van der Waals surface area contributed by atoms with E-state index in [2.05, 4.69) is 21.4 Å². The van der Waals surface area contributed by atoms with E-state index in [4.69, 9.17) is 5.73 Å². The van der Waals surface area contributed by atoms with Crippen molar-refractivity contribution < 1.29 is 4.79 Å². The fraction of sp³-hybridized carbons (Fsp3) is 0.185. The molecule has 3 N–H and O–H groups in total. The summed E-state index contributed by atoms with van der Waals surface area (Å²) in [6.45, 7) is 4.81. The second kappa shape index (κ2) is 10.1. The van der Waals surface area contributed by atoms with Gasteiger partial charge in [0.25, 0.3) is 11.5 Å². The number of hydrogen-bond acceptors (Lipinski definition) is 5. The smallest absolute Gasteiger partial charge is 0.251 e. The van der Waals surface area contributed by atoms with Crippen molar-refractivity contribution in [3.63, 3.8) is 0 Å². The number of aromatic nitrogens is 3. The molecule has 1 aromatic carbocycles. The van der Waals surface area contributed by atoms with Gasteiger partial charge in [0.2, 0.25) is 0 Å². The molecule has 0 radical (unpaired) electrons. The molecule has 0 atom stereocenters. The molecule has 4 aromatic rings. The molecular formula is C27H27N5O2. The highest BCUT2D eigenvalue weighted by molar-refractivity contribution is 5.94. The van der Waals surface area contributed by atoms with Gasteiger partial charge in [-0.3, -0.25) is 14.6 Å². The maximum atomic E-state index is 12.7. The third-order valence-corrected chi connectivity index (χ3v) is 5.77. The molecule has 0 saturated carbocycles. The largest absolute Gasteiger partial charge is 0.384 e. The minimum Gasteiger partial charge on any atom is -0.384 e. The molecule has 7 heteroatoms. The quantitative estimate of drug-likeness (QED) is 0.446. The molecule has 3 heterocycles. The van der Waals surface area contributed by atoms with E-state index in [1.54, 1.807) is 41.2 Å². The van der Waals surface area contributed by atoms with Crippen LogP contribution in [0.4, 0.5) is 5.82 Å². The molecule has 0 spiro atoms. The van der Waals surface area contributed by atoms with Crippen LogP contribution in [0.5, 0.6) is 0 Å². The first-order valence-electron chi connectivity index (χ1n) is 11.1. The van der Waals surface area contributed by atoms with Gasteiger partial charge in [0.15, 0.2) is 0 Å². The zero-order valence-corrected chi connectivity index (χ0v) is 19.3. The van der Waals surface area contributed by atoms with Crippen molar-refractivity contribution in [1.29, 1.82) is 0 Å². The Morgan fingerprint density at radius 2 is 1.85 bits per heavy atom. The zero-order valence-electron chi connectivity index (χ0n) is 19.3. The highest BCUT2D eigenvalue weighted by atomic mass is 16.1. The summed E-state index contributed by atoms with van der Waals surface area (Å²) in [5.74, 6) is 0.295. The van der Waals surface area contributed by atoms with Crippen LogP contribution < -0.4 is 16.6 Å². The van der Waals surface area contributed by atoms with E-state index in [1.165, 1.54) is 0 Å². The summed E-state index contributed by atoms with van der Waals surface area (Å²) in [6, 6.07) is 18.5. The lowest BCUT2D eigenvalue weighted by Crippen LogP contribution is -2.23. The van der Waals surface area contributed by atoms with E-state index in [0.29, 0.717) is 30.9 Å². The minimum atomic E-state index is -0.167. The molecule has 7 nitrogen and oxygen atoms in total. The number of carbonyl (C=O) groups excluding carboxylic acids is 1. The van der Waals surface area contributed by atoms with Crippen molar-refractivity contribution in [1.82, 2.24) is 19.9 Å². The van der Waals surface area contributed by atoms with Gasteiger partial charge in [-0.15, -0.1) is 0 Å². The Kier molecular flexibility index (Phi) is 6.82. The van der Waals surface area contributed by atoms with E-state index in [1.807, 2.05) is 44.2 Å². The number of nitrogens with two attached hydrogens (primary N) is 1. The van der Waals surface area contributed by atoms with Crippen molar-refractivity contribution >= 4 is 11.7 Å². The summed E-state index contributed by atoms with van der Waals surface area (Å²) in [5, 5.41) is 2.94. The summed E-state index contributed by atoms with van der Waals surface area (Å²) in [5.41, 5.74) is 12.0. The van der Waals surface area contributed by atoms with E-state index >= 15 is 0 Å². The summed E-state index contributed by atoms with van der Waals surface area (Å²) < 4.78 is 1.69. The molecule has 0 aliphatic rings. The van der Waals surface area contributed by atoms with Crippen LogP contribution in [-0.4, -0.2) is 20.4 Å². The minimum absolute atomic E-state index is 0.0203. The van der Waals surface area contributed by atoms with Gasteiger partial charge in [0, 0.05) is 48.4 Å². The van der Waals surface area contributed by atoms with Gasteiger partial charge in [-0.05, 0) is 60.4 Å². The van der Waals surface area contributed by atoms with Crippen LogP contribution >= 0.6 is 0 Å². The third-order valence-electron chi connectivity index (χ3n) is 5.77. The van der Waals surface area contributed by atoms with Gasteiger partial charge in [-0.25, -0.2) is 4.98 Å². The molecule has 34 heavy (non-hydrogen) atoms. The first-order valence-corrected chi connectivity index (χ1v) is 11.1. The maximum Gasteiger partial charge on any atom is 0.251 e. The molecule has 0 fully saturated rings. The summed E-state index contributed by atoms with van der Waals surface area (Å²) in [4.78, 5) is 33.4. The molecule has 4 rings (SSSR count). The van der Waals surface area contributed by atoms with Crippen molar-refractivity contribution in [2.24, 2.45) is 0 Å². The lowest BCUT2D eigenvalue weighted by Gasteiger charge is -2.11. The second-order valence-corrected chi connectivity index (χ2v) is 8.30. The Balaban J connectivity index is 1.42. The summed E-state index contributed by atoms with van der Waals surface area (Å²) in [6.07, 6.45) is 4.05. The van der Waals surface area contributed by atoms with Crippen LogP contribution in [0.25, 0.3) is 0 Å². The number of rotatable bonds is 7. The number of anilines is 1. The normalized spacial score (nSPS) is 10.8. The number of nitrogens with one attached hydrogen (secondary N) is 1. The number of pyridine rings is 3. The van der Waals surface area contributed by atoms with E-state index in [9.17, 15) is 9.59 Å². The summed E-state index contributed by atoms with van der Waals surface area (Å²) in [7, 11) is 0. The van der Waals surface area contributed by atoms with Crippen molar-refractivity contribution in [2.75, 3.05) is 5.73 Å². The zero-order chi connectivity index (χ0) is 24.1. The Hall–Kier alpha value is -4.26. The van der Waals surface area contributed by atoms with E-state index in [-0.39, 0.29) is 11.5 Å². The number of hydrogen-bond donors (Lipinski definition) is 2. The second-order valence-electron chi connectivity index (χ2n) is 8.30. The molecule has 3 aromatic heterocycles. The van der Waals surface area contributed by atoms with Crippen LogP contribution in [0.15, 0.2) is 77.9 Å². The van der Waals surface area contributed by atoms with Gasteiger partial charge < -0.3 is 15.6 Å². The van der Waals surface area contributed by atoms with E-state index < -0.39 is 0 Å². The van der Waals surface area contributed by atoms with Gasteiger partial charge >= 0.3 is 0 Å². The Bertz CT molecular complexity index is 1390. The number of carbonyl (C=O) groups is 1. The number of nitrogen functional groups attached to an aromatic ring is 1. The monoisotopic (exact) mass is 453 g/mol. The summed E-state index contributed by atoms with van der Waals surface area (Å²) >= 11 is 0. The van der Waals surface area contributed by atoms with Gasteiger partial charge in [-0.2, -0.15) is 0 Å². The molecule has 172 valence electrons. The Labute approximate surface area is 198 Å². The van der Waals surface area contributed by atoms with Gasteiger partial charge in [0.05, 0.1) is 6.54 Å². The molecule has 0 aliphatic heterocycles. The Morgan fingerprint density at radius 3 is 2.62 bits per heavy atom. The molecule has 0 saturated heterocycles. The molecule has 0 aliphatic carbocycles. The first kappa shape index (κ1) is 22.9.